The van der Waals surface area contributed by atoms with Gasteiger partial charge in [-0.3, -0.25) is 10.1 Å². The molecule has 0 amide bonds. The molecule has 1 unspecified atom stereocenters. The van der Waals surface area contributed by atoms with Crippen molar-refractivity contribution < 1.29 is 13.3 Å². The molecule has 1 aromatic heterocycles. The lowest BCUT2D eigenvalue weighted by Gasteiger charge is -2.09. The second kappa shape index (κ2) is 5.67. The first-order valence-corrected chi connectivity index (χ1v) is 7.35. The summed E-state index contributed by atoms with van der Waals surface area (Å²) in [6.45, 7) is 1.60. The van der Waals surface area contributed by atoms with Gasteiger partial charge in [-0.1, -0.05) is 11.6 Å². The molecule has 0 spiro atoms. The lowest BCUT2D eigenvalue weighted by Crippen LogP contribution is -2.31. The van der Waals surface area contributed by atoms with Crippen LogP contribution in [0.5, 0.6) is 0 Å². The monoisotopic (exact) mass is 308 g/mol. The zero-order chi connectivity index (χ0) is 13.9. The highest BCUT2D eigenvalue weighted by Gasteiger charge is 2.26. The average Bonchev–Trinajstić information content (AvgIpc) is 2.60. The average molecular weight is 309 g/mol. The summed E-state index contributed by atoms with van der Waals surface area (Å²) in [4.78, 5) is 9.84. The second-order valence-electron chi connectivity index (χ2n) is 3.41. The number of halogens is 1. The van der Waals surface area contributed by atoms with E-state index in [2.05, 4.69) is 10.6 Å². The molecule has 0 aromatic carbocycles. The van der Waals surface area contributed by atoms with E-state index in [0.29, 0.717) is 11.3 Å². The van der Waals surface area contributed by atoms with Crippen molar-refractivity contribution >= 4 is 38.6 Å². The normalized spacial score (nSPS) is 12.9. The van der Waals surface area contributed by atoms with Gasteiger partial charge in [0, 0.05) is 18.5 Å². The molecule has 1 rings (SSSR count). The zero-order valence-electron chi connectivity index (χ0n) is 9.21. The third-order valence-corrected chi connectivity index (χ3v) is 5.29. The number of hydrogen-bond donors (Lipinski definition) is 1. The van der Waals surface area contributed by atoms with Gasteiger partial charge in [0.15, 0.2) is 4.34 Å². The van der Waals surface area contributed by atoms with E-state index in [0.717, 1.165) is 6.07 Å². The number of rotatable bonds is 5. The molecule has 1 N–H and O–H groups in total. The lowest BCUT2D eigenvalue weighted by molar-refractivity contribution is -0.384. The maximum atomic E-state index is 11.9. The van der Waals surface area contributed by atoms with Gasteiger partial charge in [0.25, 0.3) is 15.7 Å². The molecule has 0 radical (unpaired) electrons. The van der Waals surface area contributed by atoms with Crippen molar-refractivity contribution in [3.05, 3.63) is 20.5 Å². The van der Waals surface area contributed by atoms with Gasteiger partial charge >= 0.3 is 0 Å². The number of sulfonamides is 1. The molecule has 0 saturated carbocycles. The van der Waals surface area contributed by atoms with Crippen LogP contribution in [0.15, 0.2) is 10.3 Å². The number of terminal acetylenes is 1. The molecule has 0 aliphatic heterocycles. The fraction of sp³-hybridized carbons (Fsp3) is 0.333. The van der Waals surface area contributed by atoms with E-state index in [9.17, 15) is 18.5 Å². The van der Waals surface area contributed by atoms with Gasteiger partial charge in [0.05, 0.1) is 4.92 Å². The molecule has 1 atom stereocenters. The Morgan fingerprint density at radius 1 is 1.72 bits per heavy atom. The van der Waals surface area contributed by atoms with Crippen LogP contribution in [0.3, 0.4) is 0 Å². The second-order valence-corrected chi connectivity index (χ2v) is 7.01. The molecule has 0 aliphatic rings. The molecule has 0 aliphatic carbocycles. The van der Waals surface area contributed by atoms with Crippen molar-refractivity contribution in [1.82, 2.24) is 4.72 Å². The summed E-state index contributed by atoms with van der Waals surface area (Å²) in [6, 6.07) is 0.470. The van der Waals surface area contributed by atoms with Gasteiger partial charge in [-0.25, -0.2) is 13.1 Å². The molecule has 98 valence electrons. The largest absolute Gasteiger partial charge is 0.300 e. The maximum absolute atomic E-state index is 11.9. The SMILES string of the molecule is C#CCC(C)NS(=O)(=O)c1cc([N+](=O)[O-])c(Cl)s1. The Bertz CT molecular complexity index is 603. The molecular weight excluding hydrogens is 300 g/mol. The molecule has 1 heterocycles. The highest BCUT2D eigenvalue weighted by atomic mass is 35.5. The molecule has 0 bridgehead atoms. The first-order valence-electron chi connectivity index (χ1n) is 4.67. The minimum Gasteiger partial charge on any atom is -0.258 e. The first kappa shape index (κ1) is 14.9. The fourth-order valence-corrected chi connectivity index (χ4v) is 4.06. The molecule has 1 aromatic rings. The molecular formula is C9H9ClN2O4S2. The Morgan fingerprint density at radius 3 is 2.78 bits per heavy atom. The molecule has 0 saturated heterocycles. The number of nitrogens with zero attached hydrogens (tertiary/aromatic N) is 1. The Morgan fingerprint density at radius 2 is 2.33 bits per heavy atom. The van der Waals surface area contributed by atoms with Crippen molar-refractivity contribution in [2.45, 2.75) is 23.6 Å². The molecule has 18 heavy (non-hydrogen) atoms. The molecule has 6 nitrogen and oxygen atoms in total. The van der Waals surface area contributed by atoms with E-state index >= 15 is 0 Å². The third-order valence-electron chi connectivity index (χ3n) is 1.89. The molecule has 0 fully saturated rings. The van der Waals surface area contributed by atoms with Gasteiger partial charge in [-0.05, 0) is 6.92 Å². The summed E-state index contributed by atoms with van der Waals surface area (Å²) >= 11 is 6.23. The van der Waals surface area contributed by atoms with Gasteiger partial charge in [0.1, 0.15) is 4.21 Å². The van der Waals surface area contributed by atoms with Crippen molar-refractivity contribution in [2.24, 2.45) is 0 Å². The summed E-state index contributed by atoms with van der Waals surface area (Å²) in [5.74, 6) is 2.32. The minimum atomic E-state index is -3.83. The smallest absolute Gasteiger partial charge is 0.258 e. The quantitative estimate of drug-likeness (QED) is 0.512. The van der Waals surface area contributed by atoms with Crippen LogP contribution < -0.4 is 4.72 Å². The van der Waals surface area contributed by atoms with Crippen LogP contribution in [0.4, 0.5) is 5.69 Å². The molecule has 9 heteroatoms. The van der Waals surface area contributed by atoms with Crippen LogP contribution >= 0.6 is 22.9 Å². The Labute approximate surface area is 113 Å². The van der Waals surface area contributed by atoms with E-state index in [1.165, 1.54) is 0 Å². The predicted molar refractivity (Wildman–Crippen MR) is 69.2 cm³/mol. The lowest BCUT2D eigenvalue weighted by atomic mass is 10.3. The van der Waals surface area contributed by atoms with E-state index < -0.39 is 26.7 Å². The number of thiophene rings is 1. The van der Waals surface area contributed by atoms with Crippen LogP contribution in [-0.2, 0) is 10.0 Å². The first-order chi connectivity index (χ1) is 8.27. The standard InChI is InChI=1S/C9H9ClN2O4S2/c1-3-4-6(2)11-18(15,16)8-5-7(12(13)14)9(10)17-8/h1,5-6,11H,4H2,2H3. The predicted octanol–water partition coefficient (Wildman–Crippen LogP) is 2.00. The summed E-state index contributed by atoms with van der Waals surface area (Å²) in [7, 11) is -3.83. The number of nitrogens with one attached hydrogen (secondary N) is 1. The van der Waals surface area contributed by atoms with Gasteiger partial charge in [-0.15, -0.1) is 23.7 Å². The van der Waals surface area contributed by atoms with Crippen molar-refractivity contribution in [3.8, 4) is 12.3 Å². The van der Waals surface area contributed by atoms with Gasteiger partial charge < -0.3 is 0 Å². The highest BCUT2D eigenvalue weighted by molar-refractivity contribution is 7.91. The summed E-state index contributed by atoms with van der Waals surface area (Å²) in [5.41, 5.74) is -0.424. The van der Waals surface area contributed by atoms with Crippen molar-refractivity contribution in [1.29, 1.82) is 0 Å². The van der Waals surface area contributed by atoms with Gasteiger partial charge in [-0.2, -0.15) is 0 Å². The van der Waals surface area contributed by atoms with Crippen LogP contribution in [0.25, 0.3) is 0 Å². The summed E-state index contributed by atoms with van der Waals surface area (Å²) in [6.07, 6.45) is 5.28. The zero-order valence-corrected chi connectivity index (χ0v) is 11.6. The maximum Gasteiger partial charge on any atom is 0.300 e. The van der Waals surface area contributed by atoms with Crippen LogP contribution in [-0.4, -0.2) is 19.4 Å². The summed E-state index contributed by atoms with van der Waals surface area (Å²) in [5, 5.41) is 10.6. The van der Waals surface area contributed by atoms with Crippen LogP contribution in [0.2, 0.25) is 4.34 Å². The van der Waals surface area contributed by atoms with Crippen molar-refractivity contribution in [3.63, 3.8) is 0 Å². The Kier molecular flexibility index (Phi) is 4.70. The van der Waals surface area contributed by atoms with E-state index in [4.69, 9.17) is 18.0 Å². The van der Waals surface area contributed by atoms with E-state index in [-0.39, 0.29) is 15.0 Å². The highest BCUT2D eigenvalue weighted by Crippen LogP contribution is 2.36. The van der Waals surface area contributed by atoms with Crippen LogP contribution in [0, 0.1) is 22.5 Å². The minimum absolute atomic E-state index is 0.176. The Balaban J connectivity index is 3.03. The third kappa shape index (κ3) is 3.43. The number of nitro groups is 1. The van der Waals surface area contributed by atoms with Gasteiger partial charge in [0.2, 0.25) is 0 Å². The van der Waals surface area contributed by atoms with Crippen LogP contribution in [0.1, 0.15) is 13.3 Å². The van der Waals surface area contributed by atoms with E-state index in [1.54, 1.807) is 6.92 Å². The van der Waals surface area contributed by atoms with E-state index in [1.807, 2.05) is 0 Å². The fourth-order valence-electron chi connectivity index (χ4n) is 1.14. The number of hydrogen-bond acceptors (Lipinski definition) is 5. The Hall–Kier alpha value is -1.14. The summed E-state index contributed by atoms with van der Waals surface area (Å²) < 4.78 is 25.6. The topological polar surface area (TPSA) is 89.3 Å². The van der Waals surface area contributed by atoms with Crippen molar-refractivity contribution in [2.75, 3.05) is 0 Å².